The molecule has 0 aliphatic heterocycles. The van der Waals surface area contributed by atoms with Crippen LogP contribution in [0.5, 0.6) is 0 Å². The molecule has 17 heavy (non-hydrogen) atoms. The molecule has 0 aromatic rings. The molecule has 0 amide bonds. The summed E-state index contributed by atoms with van der Waals surface area (Å²) in [5.74, 6) is 0. The average molecular weight is 240 g/mol. The first-order chi connectivity index (χ1) is 8.10. The van der Waals surface area contributed by atoms with Crippen molar-refractivity contribution in [3.63, 3.8) is 0 Å². The Bertz CT molecular complexity index is 194. The summed E-state index contributed by atoms with van der Waals surface area (Å²) in [5.41, 5.74) is 0.214. The standard InChI is InChI=1S/C16H32O/c1-4-7-10-15(11-8-5-2)13-16(17,14-15)12-9-6-3/h17H,4-14H2,1-3H3. The highest BCUT2D eigenvalue weighted by atomic mass is 16.3. The molecule has 1 fully saturated rings. The van der Waals surface area contributed by atoms with Crippen LogP contribution in [0.1, 0.15) is 91.4 Å². The first-order valence-corrected chi connectivity index (χ1v) is 7.82. The highest BCUT2D eigenvalue weighted by Gasteiger charge is 2.51. The molecular weight excluding hydrogens is 208 g/mol. The average Bonchev–Trinajstić information content (AvgIpc) is 2.29. The topological polar surface area (TPSA) is 20.2 Å². The maximum Gasteiger partial charge on any atom is 0.0658 e. The molecule has 1 nitrogen and oxygen atoms in total. The number of hydrogen-bond acceptors (Lipinski definition) is 1. The zero-order chi connectivity index (χ0) is 12.8. The number of rotatable bonds is 9. The molecular formula is C16H32O. The van der Waals surface area contributed by atoms with E-state index in [1.807, 2.05) is 0 Å². The van der Waals surface area contributed by atoms with Gasteiger partial charge in [-0.05, 0) is 37.5 Å². The van der Waals surface area contributed by atoms with Gasteiger partial charge in [-0.1, -0.05) is 59.3 Å². The van der Waals surface area contributed by atoms with Crippen molar-refractivity contribution in [3.05, 3.63) is 0 Å². The van der Waals surface area contributed by atoms with Gasteiger partial charge in [-0.3, -0.25) is 0 Å². The van der Waals surface area contributed by atoms with E-state index in [1.165, 1.54) is 51.4 Å². The van der Waals surface area contributed by atoms with Crippen molar-refractivity contribution in [1.82, 2.24) is 0 Å². The summed E-state index contributed by atoms with van der Waals surface area (Å²) in [7, 11) is 0. The van der Waals surface area contributed by atoms with Gasteiger partial charge in [0.15, 0.2) is 0 Å². The Morgan fingerprint density at radius 1 is 0.765 bits per heavy atom. The van der Waals surface area contributed by atoms with Crippen LogP contribution in [0.25, 0.3) is 0 Å². The second kappa shape index (κ2) is 6.78. The van der Waals surface area contributed by atoms with Crippen LogP contribution >= 0.6 is 0 Å². The van der Waals surface area contributed by atoms with Gasteiger partial charge in [0, 0.05) is 0 Å². The van der Waals surface area contributed by atoms with Gasteiger partial charge in [0.1, 0.15) is 0 Å². The van der Waals surface area contributed by atoms with Crippen molar-refractivity contribution in [2.45, 2.75) is 97.0 Å². The van der Waals surface area contributed by atoms with Gasteiger partial charge < -0.3 is 5.11 Å². The predicted molar refractivity (Wildman–Crippen MR) is 75.2 cm³/mol. The van der Waals surface area contributed by atoms with Crippen LogP contribution in [0.4, 0.5) is 0 Å². The summed E-state index contributed by atoms with van der Waals surface area (Å²) in [6, 6.07) is 0. The smallest absolute Gasteiger partial charge is 0.0658 e. The molecule has 0 radical (unpaired) electrons. The third-order valence-electron chi connectivity index (χ3n) is 4.53. The van der Waals surface area contributed by atoms with Gasteiger partial charge in [0.25, 0.3) is 0 Å². The number of aliphatic hydroxyl groups is 1. The van der Waals surface area contributed by atoms with Crippen LogP contribution < -0.4 is 0 Å². The van der Waals surface area contributed by atoms with Crippen LogP contribution in [0.15, 0.2) is 0 Å². The Balaban J connectivity index is 2.41. The van der Waals surface area contributed by atoms with Crippen molar-refractivity contribution in [3.8, 4) is 0 Å². The quantitative estimate of drug-likeness (QED) is 0.596. The summed E-state index contributed by atoms with van der Waals surface area (Å²) in [6.45, 7) is 6.76. The Labute approximate surface area is 108 Å². The van der Waals surface area contributed by atoms with E-state index in [2.05, 4.69) is 20.8 Å². The molecule has 0 saturated heterocycles. The zero-order valence-corrected chi connectivity index (χ0v) is 12.2. The Morgan fingerprint density at radius 3 is 1.59 bits per heavy atom. The molecule has 0 unspecified atom stereocenters. The lowest BCUT2D eigenvalue weighted by Crippen LogP contribution is -2.51. The maximum atomic E-state index is 10.5. The lowest BCUT2D eigenvalue weighted by Gasteiger charge is -2.54. The van der Waals surface area contributed by atoms with E-state index in [1.54, 1.807) is 0 Å². The predicted octanol–water partition coefficient (Wildman–Crippen LogP) is 5.07. The molecule has 102 valence electrons. The van der Waals surface area contributed by atoms with E-state index in [4.69, 9.17) is 0 Å². The Morgan fingerprint density at radius 2 is 1.18 bits per heavy atom. The lowest BCUT2D eigenvalue weighted by atomic mass is 9.54. The van der Waals surface area contributed by atoms with Crippen LogP contribution in [-0.4, -0.2) is 10.7 Å². The van der Waals surface area contributed by atoms with E-state index < -0.39 is 0 Å². The minimum atomic E-state index is -0.294. The fraction of sp³-hybridized carbons (Fsp3) is 1.00. The number of hydrogen-bond donors (Lipinski definition) is 1. The molecule has 0 aromatic heterocycles. The third kappa shape index (κ3) is 4.28. The van der Waals surface area contributed by atoms with E-state index in [0.717, 1.165) is 19.3 Å². The number of unbranched alkanes of at least 4 members (excludes halogenated alkanes) is 3. The first-order valence-electron chi connectivity index (χ1n) is 7.82. The molecule has 1 N–H and O–H groups in total. The van der Waals surface area contributed by atoms with E-state index in [0.29, 0.717) is 5.41 Å². The van der Waals surface area contributed by atoms with Crippen molar-refractivity contribution < 1.29 is 5.11 Å². The summed E-state index contributed by atoms with van der Waals surface area (Å²) >= 11 is 0. The SMILES string of the molecule is CCCCC1(O)CC(CCCC)(CCCC)C1. The van der Waals surface area contributed by atoms with Gasteiger partial charge >= 0.3 is 0 Å². The fourth-order valence-corrected chi connectivity index (χ4v) is 3.61. The van der Waals surface area contributed by atoms with Gasteiger partial charge in [-0.2, -0.15) is 0 Å². The molecule has 1 rings (SSSR count). The normalized spacial score (nSPS) is 21.2. The van der Waals surface area contributed by atoms with E-state index in [-0.39, 0.29) is 5.60 Å². The zero-order valence-electron chi connectivity index (χ0n) is 12.2. The molecule has 1 aliphatic carbocycles. The minimum Gasteiger partial charge on any atom is -0.390 e. The van der Waals surface area contributed by atoms with Crippen molar-refractivity contribution in [2.75, 3.05) is 0 Å². The highest BCUT2D eigenvalue weighted by molar-refractivity contribution is 5.03. The molecule has 1 heteroatoms. The van der Waals surface area contributed by atoms with Crippen LogP contribution in [0.2, 0.25) is 0 Å². The van der Waals surface area contributed by atoms with Crippen LogP contribution in [0.3, 0.4) is 0 Å². The van der Waals surface area contributed by atoms with Gasteiger partial charge in [0.2, 0.25) is 0 Å². The Hall–Kier alpha value is -0.0400. The van der Waals surface area contributed by atoms with Crippen molar-refractivity contribution in [2.24, 2.45) is 5.41 Å². The van der Waals surface area contributed by atoms with Crippen LogP contribution in [-0.2, 0) is 0 Å². The lowest BCUT2D eigenvalue weighted by molar-refractivity contribution is -0.142. The summed E-state index contributed by atoms with van der Waals surface area (Å²) < 4.78 is 0. The Kier molecular flexibility index (Phi) is 5.99. The molecule has 1 saturated carbocycles. The third-order valence-corrected chi connectivity index (χ3v) is 4.53. The summed E-state index contributed by atoms with van der Waals surface area (Å²) in [4.78, 5) is 0. The second-order valence-corrected chi connectivity index (χ2v) is 6.39. The van der Waals surface area contributed by atoms with Crippen LogP contribution in [0, 0.1) is 5.41 Å². The fourth-order valence-electron chi connectivity index (χ4n) is 3.61. The second-order valence-electron chi connectivity index (χ2n) is 6.39. The maximum absolute atomic E-state index is 10.5. The molecule has 0 bridgehead atoms. The highest BCUT2D eigenvalue weighted by Crippen LogP contribution is 2.56. The largest absolute Gasteiger partial charge is 0.390 e. The summed E-state index contributed by atoms with van der Waals surface area (Å²) in [5, 5.41) is 10.5. The van der Waals surface area contributed by atoms with Crippen molar-refractivity contribution in [1.29, 1.82) is 0 Å². The van der Waals surface area contributed by atoms with Gasteiger partial charge in [-0.25, -0.2) is 0 Å². The van der Waals surface area contributed by atoms with Crippen molar-refractivity contribution >= 4 is 0 Å². The molecule has 0 aromatic carbocycles. The summed E-state index contributed by atoms with van der Waals surface area (Å²) in [6.07, 6.45) is 13.6. The molecule has 0 atom stereocenters. The van der Waals surface area contributed by atoms with E-state index in [9.17, 15) is 5.11 Å². The first kappa shape index (κ1) is 15.0. The minimum absolute atomic E-state index is 0.294. The van der Waals surface area contributed by atoms with Gasteiger partial charge in [-0.15, -0.1) is 0 Å². The van der Waals surface area contributed by atoms with Gasteiger partial charge in [0.05, 0.1) is 5.60 Å². The molecule has 0 spiro atoms. The van der Waals surface area contributed by atoms with E-state index >= 15 is 0 Å². The monoisotopic (exact) mass is 240 g/mol. The molecule has 0 heterocycles. The molecule has 1 aliphatic rings.